The van der Waals surface area contributed by atoms with E-state index in [1.54, 1.807) is 0 Å². The van der Waals surface area contributed by atoms with Crippen LogP contribution in [0.15, 0.2) is 60.7 Å². The predicted octanol–water partition coefficient (Wildman–Crippen LogP) is 3.81. The van der Waals surface area contributed by atoms with Crippen LogP contribution in [0.5, 0.6) is 0 Å². The summed E-state index contributed by atoms with van der Waals surface area (Å²) in [4.78, 5) is 16.8. The Hall–Kier alpha value is -2.17. The quantitative estimate of drug-likeness (QED) is 0.639. The van der Waals surface area contributed by atoms with Crippen molar-refractivity contribution in [3.8, 4) is 0 Å². The van der Waals surface area contributed by atoms with Crippen molar-refractivity contribution in [2.75, 3.05) is 19.6 Å². The standard InChI is InChI=1S/C24H33N3O/c25-23(24(28)27-17-9-10-18-27)15-7-8-16-26(19-21-11-3-1-4-12-21)20-22-13-5-2-6-14-22/h1-6,11-14,23H,7-10,15-20,25H2. The number of likely N-dealkylation sites (tertiary alicyclic amines) is 1. The Labute approximate surface area is 169 Å². The molecule has 0 aromatic heterocycles. The lowest BCUT2D eigenvalue weighted by atomic mass is 10.1. The molecule has 1 amide bonds. The second kappa shape index (κ2) is 11.0. The van der Waals surface area contributed by atoms with E-state index in [4.69, 9.17) is 5.73 Å². The number of nitrogens with zero attached hydrogens (tertiary/aromatic N) is 2. The van der Waals surface area contributed by atoms with Gasteiger partial charge in [-0.2, -0.15) is 0 Å². The summed E-state index contributed by atoms with van der Waals surface area (Å²) in [5.41, 5.74) is 8.82. The molecule has 4 heteroatoms. The summed E-state index contributed by atoms with van der Waals surface area (Å²) in [6.45, 7) is 4.65. The summed E-state index contributed by atoms with van der Waals surface area (Å²) >= 11 is 0. The monoisotopic (exact) mass is 379 g/mol. The molecule has 4 nitrogen and oxygen atoms in total. The van der Waals surface area contributed by atoms with Gasteiger partial charge in [0.2, 0.25) is 5.91 Å². The third kappa shape index (κ3) is 6.47. The van der Waals surface area contributed by atoms with Crippen LogP contribution in [-0.4, -0.2) is 41.4 Å². The molecule has 0 aliphatic carbocycles. The highest BCUT2D eigenvalue weighted by atomic mass is 16.2. The smallest absolute Gasteiger partial charge is 0.239 e. The fourth-order valence-electron chi connectivity index (χ4n) is 3.89. The number of benzene rings is 2. The zero-order valence-electron chi connectivity index (χ0n) is 16.8. The molecule has 1 aliphatic heterocycles. The maximum Gasteiger partial charge on any atom is 0.239 e. The molecule has 28 heavy (non-hydrogen) atoms. The van der Waals surface area contributed by atoms with Crippen LogP contribution in [-0.2, 0) is 17.9 Å². The van der Waals surface area contributed by atoms with Gasteiger partial charge in [0.1, 0.15) is 0 Å². The van der Waals surface area contributed by atoms with Crippen LogP contribution in [0.1, 0.15) is 43.2 Å². The normalized spacial score (nSPS) is 15.1. The first-order valence-corrected chi connectivity index (χ1v) is 10.6. The lowest BCUT2D eigenvalue weighted by Gasteiger charge is -2.23. The highest BCUT2D eigenvalue weighted by molar-refractivity contribution is 5.81. The van der Waals surface area contributed by atoms with Crippen molar-refractivity contribution in [1.29, 1.82) is 0 Å². The van der Waals surface area contributed by atoms with Gasteiger partial charge in [-0.1, -0.05) is 67.1 Å². The van der Waals surface area contributed by atoms with Crippen LogP contribution in [0.2, 0.25) is 0 Å². The average molecular weight is 380 g/mol. The molecule has 1 atom stereocenters. The Morgan fingerprint density at radius 2 is 1.43 bits per heavy atom. The van der Waals surface area contributed by atoms with Crippen LogP contribution >= 0.6 is 0 Å². The van der Waals surface area contributed by atoms with Crippen molar-refractivity contribution in [1.82, 2.24) is 9.80 Å². The lowest BCUT2D eigenvalue weighted by Crippen LogP contribution is -2.42. The summed E-state index contributed by atoms with van der Waals surface area (Å²) in [5.74, 6) is 0.142. The molecule has 2 aromatic carbocycles. The molecule has 0 radical (unpaired) electrons. The van der Waals surface area contributed by atoms with Crippen molar-refractivity contribution in [3.63, 3.8) is 0 Å². The van der Waals surface area contributed by atoms with Crippen molar-refractivity contribution >= 4 is 5.91 Å². The molecule has 1 unspecified atom stereocenters. The molecule has 1 aliphatic rings. The SMILES string of the molecule is NC(CCCCN(Cc1ccccc1)Cc1ccccc1)C(=O)N1CCCC1. The summed E-state index contributed by atoms with van der Waals surface area (Å²) < 4.78 is 0. The summed E-state index contributed by atoms with van der Waals surface area (Å²) in [7, 11) is 0. The molecule has 0 spiro atoms. The number of amides is 1. The first-order chi connectivity index (χ1) is 13.7. The van der Waals surface area contributed by atoms with E-state index in [0.29, 0.717) is 0 Å². The number of carbonyl (C=O) groups excluding carboxylic acids is 1. The fourth-order valence-corrected chi connectivity index (χ4v) is 3.89. The average Bonchev–Trinajstić information content (AvgIpc) is 3.27. The minimum Gasteiger partial charge on any atom is -0.341 e. The van der Waals surface area contributed by atoms with Gasteiger partial charge in [-0.3, -0.25) is 9.69 Å². The minimum atomic E-state index is -0.338. The molecule has 0 bridgehead atoms. The Morgan fingerprint density at radius 1 is 0.893 bits per heavy atom. The zero-order valence-corrected chi connectivity index (χ0v) is 16.8. The van der Waals surface area contributed by atoms with Gasteiger partial charge in [0.15, 0.2) is 0 Å². The predicted molar refractivity (Wildman–Crippen MR) is 115 cm³/mol. The van der Waals surface area contributed by atoms with E-state index in [1.165, 1.54) is 11.1 Å². The molecular formula is C24H33N3O. The maximum absolute atomic E-state index is 12.3. The first kappa shape index (κ1) is 20.6. The summed E-state index contributed by atoms with van der Waals surface area (Å²) in [6, 6.07) is 20.9. The number of nitrogens with two attached hydrogens (primary N) is 1. The Balaban J connectivity index is 1.47. The maximum atomic E-state index is 12.3. The second-order valence-corrected chi connectivity index (χ2v) is 7.82. The van der Waals surface area contributed by atoms with Crippen molar-refractivity contribution in [3.05, 3.63) is 71.8 Å². The molecule has 2 N–H and O–H groups in total. The number of unbranched alkanes of at least 4 members (excludes halogenated alkanes) is 1. The van der Waals surface area contributed by atoms with Gasteiger partial charge in [0.25, 0.3) is 0 Å². The van der Waals surface area contributed by atoms with E-state index in [-0.39, 0.29) is 11.9 Å². The highest BCUT2D eigenvalue weighted by Crippen LogP contribution is 2.14. The fraction of sp³-hybridized carbons (Fsp3) is 0.458. The van der Waals surface area contributed by atoms with Gasteiger partial charge < -0.3 is 10.6 Å². The van der Waals surface area contributed by atoms with E-state index in [1.807, 2.05) is 4.90 Å². The Bertz CT molecular complexity index is 657. The molecule has 3 rings (SSSR count). The largest absolute Gasteiger partial charge is 0.341 e. The van der Waals surface area contributed by atoms with Gasteiger partial charge in [0.05, 0.1) is 6.04 Å². The van der Waals surface area contributed by atoms with Gasteiger partial charge in [0, 0.05) is 26.2 Å². The second-order valence-electron chi connectivity index (χ2n) is 7.82. The highest BCUT2D eigenvalue weighted by Gasteiger charge is 2.23. The van der Waals surface area contributed by atoms with Gasteiger partial charge >= 0.3 is 0 Å². The van der Waals surface area contributed by atoms with Gasteiger partial charge in [-0.05, 0) is 43.4 Å². The minimum absolute atomic E-state index is 0.142. The van der Waals surface area contributed by atoms with E-state index in [0.717, 1.165) is 64.8 Å². The van der Waals surface area contributed by atoms with E-state index in [2.05, 4.69) is 65.6 Å². The lowest BCUT2D eigenvalue weighted by molar-refractivity contribution is -0.131. The van der Waals surface area contributed by atoms with Crippen LogP contribution in [0.4, 0.5) is 0 Å². The topological polar surface area (TPSA) is 49.6 Å². The van der Waals surface area contributed by atoms with Crippen molar-refractivity contribution < 1.29 is 4.79 Å². The van der Waals surface area contributed by atoms with Crippen LogP contribution in [0, 0.1) is 0 Å². The van der Waals surface area contributed by atoms with Gasteiger partial charge in [-0.25, -0.2) is 0 Å². The number of hydrogen-bond acceptors (Lipinski definition) is 3. The molecular weight excluding hydrogens is 346 g/mol. The molecule has 150 valence electrons. The molecule has 2 aromatic rings. The summed E-state index contributed by atoms with van der Waals surface area (Å²) in [5, 5.41) is 0. The third-order valence-electron chi connectivity index (χ3n) is 5.47. The third-order valence-corrected chi connectivity index (χ3v) is 5.47. The van der Waals surface area contributed by atoms with Crippen LogP contribution in [0.3, 0.4) is 0 Å². The number of rotatable bonds is 10. The van der Waals surface area contributed by atoms with Gasteiger partial charge in [-0.15, -0.1) is 0 Å². The number of carbonyl (C=O) groups is 1. The van der Waals surface area contributed by atoms with Crippen molar-refractivity contribution in [2.24, 2.45) is 5.73 Å². The van der Waals surface area contributed by atoms with E-state index in [9.17, 15) is 4.79 Å². The Morgan fingerprint density at radius 3 is 1.96 bits per heavy atom. The van der Waals surface area contributed by atoms with Crippen LogP contribution < -0.4 is 5.73 Å². The zero-order chi connectivity index (χ0) is 19.6. The van der Waals surface area contributed by atoms with Crippen molar-refractivity contribution in [2.45, 2.75) is 51.2 Å². The first-order valence-electron chi connectivity index (χ1n) is 10.6. The summed E-state index contributed by atoms with van der Waals surface area (Å²) in [6.07, 6.45) is 5.06. The van der Waals surface area contributed by atoms with E-state index < -0.39 is 0 Å². The molecule has 1 saturated heterocycles. The Kier molecular flexibility index (Phi) is 8.07. The molecule has 1 heterocycles. The molecule has 0 saturated carbocycles. The van der Waals surface area contributed by atoms with Crippen LogP contribution in [0.25, 0.3) is 0 Å². The van der Waals surface area contributed by atoms with E-state index >= 15 is 0 Å². The molecule has 1 fully saturated rings. The number of hydrogen-bond donors (Lipinski definition) is 1.